The van der Waals surface area contributed by atoms with Crippen molar-refractivity contribution in [3.05, 3.63) is 28.2 Å². The molecule has 2 unspecified atom stereocenters. The van der Waals surface area contributed by atoms with E-state index in [0.29, 0.717) is 6.42 Å². The first kappa shape index (κ1) is 12.3. The van der Waals surface area contributed by atoms with E-state index in [4.69, 9.17) is 0 Å². The molecule has 0 N–H and O–H groups in total. The molecule has 1 aromatic rings. The molecular formula is C11H13N3O4S. The first-order valence-electron chi connectivity index (χ1n) is 5.95. The Bertz CT molecular complexity index is 709. The fourth-order valence-corrected chi connectivity index (χ4v) is 4.74. The monoisotopic (exact) mass is 283 g/mol. The second kappa shape index (κ2) is 3.89. The van der Waals surface area contributed by atoms with Crippen LogP contribution in [0.15, 0.2) is 16.9 Å². The van der Waals surface area contributed by atoms with Crippen molar-refractivity contribution in [2.75, 3.05) is 12.3 Å². The Hall–Kier alpha value is -1.70. The van der Waals surface area contributed by atoms with Gasteiger partial charge in [0.15, 0.2) is 9.84 Å². The van der Waals surface area contributed by atoms with Crippen LogP contribution in [0, 0.1) is 0 Å². The molecule has 3 heterocycles. The largest absolute Gasteiger partial charge is 0.332 e. The Kier molecular flexibility index (Phi) is 2.53. The van der Waals surface area contributed by atoms with Crippen LogP contribution < -0.4 is 5.56 Å². The van der Waals surface area contributed by atoms with Gasteiger partial charge in [-0.05, 0) is 12.5 Å². The van der Waals surface area contributed by atoms with Crippen LogP contribution in [0.5, 0.6) is 0 Å². The minimum Gasteiger partial charge on any atom is -0.332 e. The van der Waals surface area contributed by atoms with Crippen molar-refractivity contribution in [3.63, 3.8) is 0 Å². The van der Waals surface area contributed by atoms with E-state index in [9.17, 15) is 18.0 Å². The number of aryl methyl sites for hydroxylation is 1. The van der Waals surface area contributed by atoms with Crippen molar-refractivity contribution < 1.29 is 13.2 Å². The molecule has 2 aliphatic rings. The summed E-state index contributed by atoms with van der Waals surface area (Å²) in [5.74, 6) is -0.271. The maximum Gasteiger partial charge on any atom is 0.274 e. The second-order valence-corrected chi connectivity index (χ2v) is 7.30. The highest BCUT2D eigenvalue weighted by atomic mass is 32.2. The summed E-state index contributed by atoms with van der Waals surface area (Å²) in [6.45, 7) is 0.232. The lowest BCUT2D eigenvalue weighted by molar-refractivity contribution is 0.0737. The Morgan fingerprint density at radius 1 is 1.42 bits per heavy atom. The number of fused-ring (bicyclic) bond motifs is 2. The summed E-state index contributed by atoms with van der Waals surface area (Å²) in [6, 6.07) is 2.41. The van der Waals surface area contributed by atoms with Gasteiger partial charge >= 0.3 is 0 Å². The number of likely N-dealkylation sites (tertiary alicyclic amines) is 1. The Balaban J connectivity index is 1.87. The fraction of sp³-hybridized carbons (Fsp3) is 0.545. The first-order valence-corrected chi connectivity index (χ1v) is 7.67. The number of aromatic nitrogens is 2. The average molecular weight is 283 g/mol. The molecule has 8 heteroatoms. The molecule has 2 bridgehead atoms. The van der Waals surface area contributed by atoms with Gasteiger partial charge < -0.3 is 4.90 Å². The zero-order valence-corrected chi connectivity index (χ0v) is 11.1. The van der Waals surface area contributed by atoms with Crippen LogP contribution in [-0.2, 0) is 16.9 Å². The Morgan fingerprint density at radius 2 is 2.16 bits per heavy atom. The standard InChI is InChI=1S/C11H13N3O4S/c1-13-10(15)3-2-9(12-13)11(16)14-5-8-4-7(14)6-19(8,17)18/h2-3,7-8H,4-6H2,1H3. The van der Waals surface area contributed by atoms with E-state index in [1.54, 1.807) is 4.90 Å². The lowest BCUT2D eigenvalue weighted by Crippen LogP contribution is -2.44. The molecule has 0 saturated carbocycles. The van der Waals surface area contributed by atoms with E-state index < -0.39 is 15.1 Å². The van der Waals surface area contributed by atoms with Crippen molar-refractivity contribution in [3.8, 4) is 0 Å². The number of nitrogens with zero attached hydrogens (tertiary/aromatic N) is 3. The van der Waals surface area contributed by atoms with E-state index in [1.807, 2.05) is 0 Å². The third kappa shape index (κ3) is 1.86. The van der Waals surface area contributed by atoms with Crippen LogP contribution in [0.4, 0.5) is 0 Å². The summed E-state index contributed by atoms with van der Waals surface area (Å²) in [6.07, 6.45) is 0.514. The van der Waals surface area contributed by atoms with Crippen molar-refractivity contribution in [2.24, 2.45) is 7.05 Å². The maximum atomic E-state index is 12.3. The topological polar surface area (TPSA) is 89.3 Å². The molecule has 2 atom stereocenters. The molecule has 3 rings (SSSR count). The van der Waals surface area contributed by atoms with Gasteiger partial charge in [0.2, 0.25) is 0 Å². The lowest BCUT2D eigenvalue weighted by atomic mass is 10.2. The zero-order chi connectivity index (χ0) is 13.8. The van der Waals surface area contributed by atoms with Gasteiger partial charge in [-0.15, -0.1) is 0 Å². The highest BCUT2D eigenvalue weighted by Crippen LogP contribution is 2.33. The van der Waals surface area contributed by atoms with E-state index >= 15 is 0 Å². The second-order valence-electron chi connectivity index (χ2n) is 4.98. The molecule has 19 heavy (non-hydrogen) atoms. The number of hydrogen-bond acceptors (Lipinski definition) is 5. The van der Waals surface area contributed by atoms with Crippen LogP contribution in [0.2, 0.25) is 0 Å². The van der Waals surface area contributed by atoms with Crippen molar-refractivity contribution in [2.45, 2.75) is 17.7 Å². The van der Waals surface area contributed by atoms with Gasteiger partial charge in [-0.1, -0.05) is 0 Å². The van der Waals surface area contributed by atoms with Gasteiger partial charge in [0.05, 0.1) is 11.0 Å². The minimum atomic E-state index is -3.02. The van der Waals surface area contributed by atoms with Crippen LogP contribution in [0.1, 0.15) is 16.9 Å². The summed E-state index contributed by atoms with van der Waals surface area (Å²) in [7, 11) is -1.55. The van der Waals surface area contributed by atoms with Crippen LogP contribution in [0.25, 0.3) is 0 Å². The average Bonchev–Trinajstić information content (AvgIpc) is 2.87. The number of rotatable bonds is 1. The smallest absolute Gasteiger partial charge is 0.274 e. The van der Waals surface area contributed by atoms with Gasteiger partial charge in [-0.25, -0.2) is 13.1 Å². The van der Waals surface area contributed by atoms with E-state index in [0.717, 1.165) is 4.68 Å². The van der Waals surface area contributed by atoms with Crippen LogP contribution in [-0.4, -0.2) is 52.6 Å². The van der Waals surface area contributed by atoms with Gasteiger partial charge in [-0.2, -0.15) is 5.10 Å². The lowest BCUT2D eigenvalue weighted by Gasteiger charge is -2.26. The summed E-state index contributed by atoms with van der Waals surface area (Å²) < 4.78 is 24.4. The molecule has 1 aromatic heterocycles. The van der Waals surface area contributed by atoms with Crippen molar-refractivity contribution in [1.82, 2.24) is 14.7 Å². The Labute approximate surface area is 109 Å². The molecule has 7 nitrogen and oxygen atoms in total. The number of sulfone groups is 1. The van der Waals surface area contributed by atoms with E-state index in [1.165, 1.54) is 19.2 Å². The van der Waals surface area contributed by atoms with Crippen molar-refractivity contribution in [1.29, 1.82) is 0 Å². The van der Waals surface area contributed by atoms with Gasteiger partial charge in [-0.3, -0.25) is 9.59 Å². The molecule has 0 spiro atoms. The van der Waals surface area contributed by atoms with E-state index in [-0.39, 0.29) is 35.5 Å². The normalized spacial score (nSPS) is 27.7. The fourth-order valence-electron chi connectivity index (χ4n) is 2.71. The highest BCUT2D eigenvalue weighted by molar-refractivity contribution is 7.92. The third-order valence-corrected chi connectivity index (χ3v) is 5.96. The van der Waals surface area contributed by atoms with Gasteiger partial charge in [0.1, 0.15) is 5.69 Å². The van der Waals surface area contributed by atoms with E-state index in [2.05, 4.69) is 5.10 Å². The first-order chi connectivity index (χ1) is 8.88. The minimum absolute atomic E-state index is 0.0369. The SMILES string of the molecule is Cn1nc(C(=O)N2CC3CC2CS3(=O)=O)ccc1=O. The van der Waals surface area contributed by atoms with Crippen LogP contribution in [0.3, 0.4) is 0 Å². The van der Waals surface area contributed by atoms with Gasteiger partial charge in [0.25, 0.3) is 11.5 Å². The number of hydrogen-bond donors (Lipinski definition) is 0. The molecule has 1 amide bonds. The predicted molar refractivity (Wildman–Crippen MR) is 66.5 cm³/mol. The zero-order valence-electron chi connectivity index (χ0n) is 10.3. The molecular weight excluding hydrogens is 270 g/mol. The molecule has 0 aliphatic carbocycles. The number of carbonyl (C=O) groups is 1. The van der Waals surface area contributed by atoms with Gasteiger partial charge in [0, 0.05) is 25.7 Å². The van der Waals surface area contributed by atoms with Crippen LogP contribution >= 0.6 is 0 Å². The summed E-state index contributed by atoms with van der Waals surface area (Å²) in [5, 5.41) is 3.46. The molecule has 2 aliphatic heterocycles. The Morgan fingerprint density at radius 3 is 2.68 bits per heavy atom. The summed E-state index contributed by atoms with van der Waals surface area (Å²) in [4.78, 5) is 25.0. The molecule has 0 radical (unpaired) electrons. The third-order valence-electron chi connectivity index (χ3n) is 3.75. The molecule has 2 fully saturated rings. The molecule has 2 saturated heterocycles. The number of carbonyl (C=O) groups excluding carboxylic acids is 1. The molecule has 0 aromatic carbocycles. The van der Waals surface area contributed by atoms with Crippen molar-refractivity contribution >= 4 is 15.7 Å². The molecule has 102 valence electrons. The quantitative estimate of drug-likeness (QED) is 0.645. The number of amides is 1. The predicted octanol–water partition coefficient (Wildman–Crippen LogP) is -1.21. The highest BCUT2D eigenvalue weighted by Gasteiger charge is 2.50. The summed E-state index contributed by atoms with van der Waals surface area (Å²) >= 11 is 0. The summed E-state index contributed by atoms with van der Waals surface area (Å²) in [5.41, 5.74) is -0.117. The maximum absolute atomic E-state index is 12.3.